The summed E-state index contributed by atoms with van der Waals surface area (Å²) in [6.45, 7) is 0.217. The van der Waals surface area contributed by atoms with Crippen molar-refractivity contribution in [3.63, 3.8) is 0 Å². The number of sulfonamides is 1. The zero-order chi connectivity index (χ0) is 19.4. The summed E-state index contributed by atoms with van der Waals surface area (Å²) in [6.07, 6.45) is 5.85. The molecule has 1 aromatic carbocycles. The molecule has 0 heterocycles. The maximum atomic E-state index is 13.2. The summed E-state index contributed by atoms with van der Waals surface area (Å²) in [5, 5.41) is 3.04. The highest BCUT2D eigenvalue weighted by Crippen LogP contribution is 2.63. The van der Waals surface area contributed by atoms with Crippen molar-refractivity contribution in [2.75, 3.05) is 14.1 Å². The second-order valence-electron chi connectivity index (χ2n) is 8.97. The molecule has 4 aliphatic carbocycles. The van der Waals surface area contributed by atoms with Crippen LogP contribution in [0.4, 0.5) is 0 Å². The maximum absolute atomic E-state index is 13.2. The van der Waals surface area contributed by atoms with Crippen LogP contribution in [-0.4, -0.2) is 37.6 Å². The molecule has 1 aromatic rings. The predicted octanol–water partition coefficient (Wildman–Crippen LogP) is 3.13. The molecule has 0 aromatic heterocycles. The van der Waals surface area contributed by atoms with Crippen molar-refractivity contribution in [2.24, 2.45) is 17.3 Å². The van der Waals surface area contributed by atoms with Crippen LogP contribution in [0.5, 0.6) is 0 Å². The van der Waals surface area contributed by atoms with E-state index in [0.717, 1.165) is 32.1 Å². The molecular weight excluding hydrogens is 384 g/mol. The van der Waals surface area contributed by atoms with Gasteiger partial charge in [0.2, 0.25) is 15.9 Å². The maximum Gasteiger partial charge on any atom is 0.242 e. The highest BCUT2D eigenvalue weighted by molar-refractivity contribution is 7.89. The normalized spacial score (nSPS) is 34.8. The van der Waals surface area contributed by atoms with Gasteiger partial charge in [0.1, 0.15) is 0 Å². The van der Waals surface area contributed by atoms with Gasteiger partial charge in [0, 0.05) is 25.5 Å². The largest absolute Gasteiger partial charge is 0.351 e. The monoisotopic (exact) mass is 410 g/mol. The SMILES string of the molecule is CN(C)S(=O)(=O)c1ccccc1CNC(=O)C12C[C@H]3C[C@@H](CC(Cl)(C3)C1)C2. The summed E-state index contributed by atoms with van der Waals surface area (Å²) in [6, 6.07) is 6.86. The fourth-order valence-corrected chi connectivity index (χ4v) is 7.69. The second kappa shape index (κ2) is 6.46. The van der Waals surface area contributed by atoms with Gasteiger partial charge >= 0.3 is 0 Å². The van der Waals surface area contributed by atoms with Crippen molar-refractivity contribution < 1.29 is 13.2 Å². The van der Waals surface area contributed by atoms with Crippen molar-refractivity contribution in [3.05, 3.63) is 29.8 Å². The molecule has 0 unspecified atom stereocenters. The van der Waals surface area contributed by atoms with Crippen molar-refractivity contribution >= 4 is 27.5 Å². The Kier molecular flexibility index (Phi) is 4.60. The molecule has 7 heteroatoms. The Morgan fingerprint density at radius 2 is 1.81 bits per heavy atom. The molecule has 4 fully saturated rings. The van der Waals surface area contributed by atoms with Crippen LogP contribution < -0.4 is 5.32 Å². The Morgan fingerprint density at radius 3 is 2.41 bits per heavy atom. The van der Waals surface area contributed by atoms with E-state index >= 15 is 0 Å². The quantitative estimate of drug-likeness (QED) is 0.758. The summed E-state index contributed by atoms with van der Waals surface area (Å²) >= 11 is 6.84. The lowest BCUT2D eigenvalue weighted by molar-refractivity contribution is -0.144. The van der Waals surface area contributed by atoms with E-state index in [9.17, 15) is 13.2 Å². The summed E-state index contributed by atoms with van der Waals surface area (Å²) in [7, 11) is -0.521. The van der Waals surface area contributed by atoms with Crippen molar-refractivity contribution in [1.29, 1.82) is 0 Å². The van der Waals surface area contributed by atoms with Crippen LogP contribution in [0.1, 0.15) is 44.1 Å². The Labute approximate surface area is 166 Å². The zero-order valence-corrected chi connectivity index (χ0v) is 17.4. The first-order valence-electron chi connectivity index (χ1n) is 9.61. The number of halogens is 1. The smallest absolute Gasteiger partial charge is 0.242 e. The van der Waals surface area contributed by atoms with Gasteiger partial charge in [0.15, 0.2) is 0 Å². The molecule has 2 atom stereocenters. The average Bonchev–Trinajstić information content (AvgIpc) is 2.57. The van der Waals surface area contributed by atoms with Crippen LogP contribution in [0.2, 0.25) is 0 Å². The second-order valence-corrected chi connectivity index (χ2v) is 11.9. The lowest BCUT2D eigenvalue weighted by Crippen LogP contribution is -2.58. The first-order chi connectivity index (χ1) is 12.6. The minimum atomic E-state index is -3.55. The Morgan fingerprint density at radius 1 is 1.19 bits per heavy atom. The van der Waals surface area contributed by atoms with E-state index in [2.05, 4.69) is 5.32 Å². The van der Waals surface area contributed by atoms with E-state index in [1.165, 1.54) is 24.8 Å². The lowest BCUT2D eigenvalue weighted by atomic mass is 9.49. The van der Waals surface area contributed by atoms with E-state index in [-0.39, 0.29) is 27.6 Å². The molecule has 0 radical (unpaired) electrons. The van der Waals surface area contributed by atoms with Gasteiger partial charge in [-0.2, -0.15) is 0 Å². The first-order valence-corrected chi connectivity index (χ1v) is 11.4. The Hall–Kier alpha value is -1.11. The van der Waals surface area contributed by atoms with Gasteiger partial charge in [-0.1, -0.05) is 18.2 Å². The summed E-state index contributed by atoms with van der Waals surface area (Å²) in [5.74, 6) is 1.14. The number of rotatable bonds is 5. The standard InChI is InChI=1S/C20H27ClN2O3S/c1-23(2)27(25,26)17-6-4-3-5-16(17)12-22-18(24)19-8-14-7-15(9-19)11-20(21,10-14)13-19/h3-6,14-15H,7-13H2,1-2H3,(H,22,24)/t14-,15-,19?,20?/m1/s1. The number of alkyl halides is 1. The highest BCUT2D eigenvalue weighted by atomic mass is 35.5. The molecule has 1 amide bonds. The van der Waals surface area contributed by atoms with Gasteiger partial charge in [-0.3, -0.25) is 4.79 Å². The third kappa shape index (κ3) is 3.30. The fourth-order valence-electron chi connectivity index (χ4n) is 5.88. The molecule has 0 aliphatic heterocycles. The minimum Gasteiger partial charge on any atom is -0.351 e. The van der Waals surface area contributed by atoms with Gasteiger partial charge in [0.25, 0.3) is 0 Å². The summed E-state index contributed by atoms with van der Waals surface area (Å²) < 4.78 is 26.3. The van der Waals surface area contributed by atoms with Crippen LogP contribution in [0.3, 0.4) is 0 Å². The van der Waals surface area contributed by atoms with Crippen LogP contribution in [-0.2, 0) is 21.4 Å². The molecule has 5 rings (SSSR count). The van der Waals surface area contributed by atoms with Gasteiger partial charge in [-0.15, -0.1) is 11.6 Å². The molecule has 4 saturated carbocycles. The van der Waals surface area contributed by atoms with Crippen LogP contribution in [0.25, 0.3) is 0 Å². The topological polar surface area (TPSA) is 66.5 Å². The van der Waals surface area contributed by atoms with E-state index in [1.807, 2.05) is 0 Å². The summed E-state index contributed by atoms with van der Waals surface area (Å²) in [5.41, 5.74) is 0.242. The number of nitrogens with zero attached hydrogens (tertiary/aromatic N) is 1. The number of amides is 1. The van der Waals surface area contributed by atoms with E-state index in [4.69, 9.17) is 11.6 Å². The van der Waals surface area contributed by atoms with E-state index < -0.39 is 10.0 Å². The van der Waals surface area contributed by atoms with Crippen molar-refractivity contribution in [3.8, 4) is 0 Å². The minimum absolute atomic E-state index is 0.0404. The molecular formula is C20H27ClN2O3S. The predicted molar refractivity (Wildman–Crippen MR) is 105 cm³/mol. The molecule has 27 heavy (non-hydrogen) atoms. The summed E-state index contributed by atoms with van der Waals surface area (Å²) in [4.78, 5) is 13.2. The zero-order valence-electron chi connectivity index (χ0n) is 15.9. The van der Waals surface area contributed by atoms with Crippen LogP contribution >= 0.6 is 11.6 Å². The number of hydrogen-bond acceptors (Lipinski definition) is 3. The molecule has 148 valence electrons. The molecule has 0 spiro atoms. The average molecular weight is 411 g/mol. The molecule has 5 nitrogen and oxygen atoms in total. The molecule has 0 saturated heterocycles. The van der Waals surface area contributed by atoms with Crippen LogP contribution in [0, 0.1) is 17.3 Å². The highest BCUT2D eigenvalue weighted by Gasteiger charge is 2.59. The number of carbonyl (C=O) groups is 1. The fraction of sp³-hybridized carbons (Fsp3) is 0.650. The van der Waals surface area contributed by atoms with Crippen molar-refractivity contribution in [2.45, 2.75) is 54.8 Å². The molecule has 4 bridgehead atoms. The Balaban J connectivity index is 1.53. The van der Waals surface area contributed by atoms with Crippen LogP contribution in [0.15, 0.2) is 29.2 Å². The first kappa shape index (κ1) is 19.2. The number of hydrogen-bond donors (Lipinski definition) is 1. The van der Waals surface area contributed by atoms with Gasteiger partial charge < -0.3 is 5.32 Å². The number of carbonyl (C=O) groups excluding carboxylic acids is 1. The molecule has 4 aliphatic rings. The lowest BCUT2D eigenvalue weighted by Gasteiger charge is -2.59. The third-order valence-electron chi connectivity index (χ3n) is 6.64. The van der Waals surface area contributed by atoms with Crippen molar-refractivity contribution in [1.82, 2.24) is 9.62 Å². The third-order valence-corrected chi connectivity index (χ3v) is 9.00. The van der Waals surface area contributed by atoms with E-state index in [0.29, 0.717) is 17.4 Å². The van der Waals surface area contributed by atoms with Gasteiger partial charge in [-0.25, -0.2) is 12.7 Å². The molecule has 1 N–H and O–H groups in total. The van der Waals surface area contributed by atoms with E-state index in [1.54, 1.807) is 24.3 Å². The number of benzene rings is 1. The Bertz CT molecular complexity index is 854. The van der Waals surface area contributed by atoms with Gasteiger partial charge in [0.05, 0.1) is 10.3 Å². The number of nitrogens with one attached hydrogen (secondary N) is 1. The van der Waals surface area contributed by atoms with Gasteiger partial charge in [-0.05, 0) is 62.0 Å².